The van der Waals surface area contributed by atoms with Crippen LogP contribution in [0.25, 0.3) is 0 Å². The first-order valence-corrected chi connectivity index (χ1v) is 13.5. The topological polar surface area (TPSA) is 101 Å². The zero-order valence-corrected chi connectivity index (χ0v) is 20.9. The van der Waals surface area contributed by atoms with E-state index >= 15 is 0 Å². The van der Waals surface area contributed by atoms with Gasteiger partial charge in [-0.05, 0) is 39.8 Å². The number of hydrogen-bond acceptors (Lipinski definition) is 9. The van der Waals surface area contributed by atoms with Crippen molar-refractivity contribution < 1.29 is 37.1 Å². The first kappa shape index (κ1) is 25.6. The maximum Gasteiger partial charge on any atom is 0.339 e. The van der Waals surface area contributed by atoms with Gasteiger partial charge in [0.1, 0.15) is 41.1 Å². The molecule has 0 N–H and O–H groups in total. The summed E-state index contributed by atoms with van der Waals surface area (Å²) in [4.78, 5) is 24.0. The van der Waals surface area contributed by atoms with Crippen LogP contribution in [0.1, 0.15) is 59.4 Å². The summed E-state index contributed by atoms with van der Waals surface area (Å²) in [5.74, 6) is 1.66. The number of carbonyl (C=O) groups is 2. The van der Waals surface area contributed by atoms with Crippen molar-refractivity contribution in [2.75, 3.05) is 19.8 Å². The number of aldehydes is 1. The molecule has 2 atom stereocenters. The summed E-state index contributed by atoms with van der Waals surface area (Å²) in [5.41, 5.74) is 0.886. The Balaban J connectivity index is 2.05. The van der Waals surface area contributed by atoms with Crippen molar-refractivity contribution in [1.82, 2.24) is 0 Å². The largest absolute Gasteiger partial charge is 0.489 e. The van der Waals surface area contributed by atoms with Gasteiger partial charge >= 0.3 is 13.6 Å². The van der Waals surface area contributed by atoms with Crippen LogP contribution in [0.3, 0.4) is 0 Å². The molecule has 0 spiro atoms. The molecule has 1 aromatic carbocycles. The summed E-state index contributed by atoms with van der Waals surface area (Å²) in [6.45, 7) is 7.60. The highest BCUT2D eigenvalue weighted by atomic mass is 32.2. The van der Waals surface area contributed by atoms with Crippen molar-refractivity contribution in [3.05, 3.63) is 52.5 Å². The quantitative estimate of drug-likeness (QED) is 0.228. The third-order valence-corrected chi connectivity index (χ3v) is 9.09. The monoisotopic (exact) mass is 496 g/mol. The fraction of sp³-hybridized carbons (Fsp3) is 0.478. The smallest absolute Gasteiger partial charge is 0.339 e. The number of fused-ring (bicyclic) bond motifs is 1. The molecular formula is C23H29O8PS. The first-order valence-electron chi connectivity index (χ1n) is 10.8. The van der Waals surface area contributed by atoms with Gasteiger partial charge in [0, 0.05) is 16.7 Å². The molecule has 180 valence electrons. The molecule has 0 bridgehead atoms. The van der Waals surface area contributed by atoms with E-state index in [0.717, 1.165) is 6.29 Å². The number of ether oxygens (including phenoxy) is 2. The van der Waals surface area contributed by atoms with Crippen LogP contribution in [0.4, 0.5) is 0 Å². The maximum absolute atomic E-state index is 14.0. The minimum atomic E-state index is -3.77. The van der Waals surface area contributed by atoms with Crippen LogP contribution in [-0.4, -0.2) is 37.3 Å². The van der Waals surface area contributed by atoms with Crippen molar-refractivity contribution in [3.63, 3.8) is 0 Å². The highest BCUT2D eigenvalue weighted by Gasteiger charge is 2.52. The van der Waals surface area contributed by atoms with E-state index < -0.39 is 24.5 Å². The van der Waals surface area contributed by atoms with Crippen molar-refractivity contribution >= 4 is 31.6 Å². The molecule has 33 heavy (non-hydrogen) atoms. The minimum absolute atomic E-state index is 0.0991. The lowest BCUT2D eigenvalue weighted by Crippen LogP contribution is -2.32. The highest BCUT2D eigenvalue weighted by molar-refractivity contribution is 8.00. The second kappa shape index (κ2) is 11.4. The third kappa shape index (κ3) is 5.54. The molecule has 0 radical (unpaired) electrons. The molecule has 0 saturated carbocycles. The Morgan fingerprint density at radius 1 is 1.21 bits per heavy atom. The molecule has 0 saturated heterocycles. The van der Waals surface area contributed by atoms with Crippen LogP contribution in [0.15, 0.2) is 28.7 Å². The summed E-state index contributed by atoms with van der Waals surface area (Å²) in [6, 6.07) is 6.79. The molecule has 0 fully saturated rings. The number of furan rings is 1. The molecular weight excluding hydrogens is 467 g/mol. The maximum atomic E-state index is 14.0. The number of thioether (sulfide) groups is 1. The lowest BCUT2D eigenvalue weighted by atomic mass is 10.0. The second-order valence-electron chi connectivity index (χ2n) is 7.26. The molecule has 10 heteroatoms. The number of aryl methyl sites for hydroxylation is 1. The SMILES string of the molecule is CCOC(=O)C1SCc2oc(C)c(COc3cccc(C=O)c3)c2C1P(=O)(OCC)OCC. The van der Waals surface area contributed by atoms with E-state index in [-0.39, 0.29) is 26.4 Å². The Hall–Kier alpha value is -2.06. The Morgan fingerprint density at radius 3 is 2.58 bits per heavy atom. The summed E-state index contributed by atoms with van der Waals surface area (Å²) in [7, 11) is -3.77. The van der Waals surface area contributed by atoms with Crippen LogP contribution < -0.4 is 4.74 Å². The summed E-state index contributed by atoms with van der Waals surface area (Å²) >= 11 is 1.30. The molecule has 1 aliphatic heterocycles. The van der Waals surface area contributed by atoms with Gasteiger partial charge in [0.25, 0.3) is 0 Å². The van der Waals surface area contributed by atoms with Crippen molar-refractivity contribution in [2.45, 2.75) is 51.0 Å². The zero-order chi connectivity index (χ0) is 24.0. The summed E-state index contributed by atoms with van der Waals surface area (Å²) in [5, 5.41) is -0.782. The van der Waals surface area contributed by atoms with E-state index in [1.807, 2.05) is 0 Å². The van der Waals surface area contributed by atoms with Crippen molar-refractivity contribution in [2.24, 2.45) is 0 Å². The second-order valence-corrected chi connectivity index (χ2v) is 10.5. The lowest BCUT2D eigenvalue weighted by Gasteiger charge is -2.34. The molecule has 3 rings (SSSR count). The number of hydrogen-bond donors (Lipinski definition) is 0. The number of benzene rings is 1. The van der Waals surface area contributed by atoms with Crippen LogP contribution in [0.2, 0.25) is 0 Å². The minimum Gasteiger partial charge on any atom is -0.489 e. The van der Waals surface area contributed by atoms with E-state index in [4.69, 9.17) is 22.9 Å². The molecule has 2 aromatic rings. The van der Waals surface area contributed by atoms with Gasteiger partial charge in [-0.2, -0.15) is 0 Å². The molecule has 2 heterocycles. The van der Waals surface area contributed by atoms with Gasteiger partial charge in [-0.15, -0.1) is 11.8 Å². The normalized spacial score (nSPS) is 17.9. The molecule has 1 aromatic heterocycles. The zero-order valence-electron chi connectivity index (χ0n) is 19.2. The molecule has 2 unspecified atom stereocenters. The fourth-order valence-electron chi connectivity index (χ4n) is 3.83. The van der Waals surface area contributed by atoms with Gasteiger partial charge in [0.2, 0.25) is 0 Å². The Kier molecular flexibility index (Phi) is 8.82. The third-order valence-electron chi connectivity index (χ3n) is 5.16. The average molecular weight is 497 g/mol. The molecule has 0 amide bonds. The van der Waals surface area contributed by atoms with Gasteiger partial charge in [-0.3, -0.25) is 14.2 Å². The van der Waals surface area contributed by atoms with Crippen molar-refractivity contribution in [3.8, 4) is 5.75 Å². The van der Waals surface area contributed by atoms with E-state index in [0.29, 0.717) is 39.7 Å². The predicted molar refractivity (Wildman–Crippen MR) is 125 cm³/mol. The number of carbonyl (C=O) groups excluding carboxylic acids is 2. The van der Waals surface area contributed by atoms with Gasteiger partial charge < -0.3 is 22.9 Å². The van der Waals surface area contributed by atoms with Crippen LogP contribution >= 0.6 is 19.4 Å². The standard InChI is InChI=1S/C23H29O8PS/c1-5-27-23(25)22-21(32(26,29-6-2)30-7-3)20-18(15(4)31-19(20)14-33-22)13-28-17-10-8-9-16(11-17)12-24/h8-12,21-22H,5-7,13-14H2,1-4H3. The molecule has 1 aliphatic rings. The van der Waals surface area contributed by atoms with Crippen LogP contribution in [0.5, 0.6) is 5.75 Å². The summed E-state index contributed by atoms with van der Waals surface area (Å²) < 4.78 is 42.6. The van der Waals surface area contributed by atoms with Crippen LogP contribution in [0, 0.1) is 6.92 Å². The Labute approximate surface area is 197 Å². The fourth-order valence-corrected chi connectivity index (χ4v) is 7.79. The summed E-state index contributed by atoms with van der Waals surface area (Å²) in [6.07, 6.45) is 0.745. The van der Waals surface area contributed by atoms with E-state index in [9.17, 15) is 14.2 Å². The average Bonchev–Trinajstić information content (AvgIpc) is 3.12. The van der Waals surface area contributed by atoms with Gasteiger partial charge in [0.15, 0.2) is 0 Å². The number of esters is 1. The van der Waals surface area contributed by atoms with E-state index in [1.165, 1.54) is 11.8 Å². The van der Waals surface area contributed by atoms with Gasteiger partial charge in [0.05, 0.1) is 25.6 Å². The van der Waals surface area contributed by atoms with Gasteiger partial charge in [-0.1, -0.05) is 12.1 Å². The van der Waals surface area contributed by atoms with Crippen molar-refractivity contribution in [1.29, 1.82) is 0 Å². The van der Waals surface area contributed by atoms with Gasteiger partial charge in [-0.25, -0.2) is 0 Å². The Bertz CT molecular complexity index is 1020. The number of rotatable bonds is 11. The van der Waals surface area contributed by atoms with E-state index in [1.54, 1.807) is 52.0 Å². The molecule has 8 nitrogen and oxygen atoms in total. The highest BCUT2D eigenvalue weighted by Crippen LogP contribution is 2.67. The van der Waals surface area contributed by atoms with E-state index in [2.05, 4.69) is 0 Å². The Morgan fingerprint density at radius 2 is 1.94 bits per heavy atom. The lowest BCUT2D eigenvalue weighted by molar-refractivity contribution is -0.142. The van der Waals surface area contributed by atoms with Crippen LogP contribution in [-0.2, 0) is 35.5 Å². The first-order chi connectivity index (χ1) is 15.9. The predicted octanol–water partition coefficient (Wildman–Crippen LogP) is 5.47. The molecule has 0 aliphatic carbocycles.